The molecule has 1 aliphatic heterocycles. The fraction of sp³-hybridized carbons (Fsp3) is 0.400. The molecule has 154 valence electrons. The number of hydrogen-bond acceptors (Lipinski definition) is 5. The first-order chi connectivity index (χ1) is 12.7. The third-order valence-electron chi connectivity index (χ3n) is 4.45. The molecule has 3 rings (SSSR count). The zero-order valence-corrected chi connectivity index (χ0v) is 17.7. The van der Waals surface area contributed by atoms with Crippen LogP contribution in [0.2, 0.25) is 0 Å². The first-order valence-electron chi connectivity index (χ1n) is 9.15. The lowest BCUT2D eigenvalue weighted by Gasteiger charge is -2.35. The number of hydrogen-bond donors (Lipinski definition) is 1. The molecule has 1 saturated heterocycles. The second-order valence-corrected chi connectivity index (χ2v) is 6.27. The van der Waals surface area contributed by atoms with E-state index in [1.54, 1.807) is 0 Å². The Kier molecular flexibility index (Phi) is 10.7. The van der Waals surface area contributed by atoms with Crippen LogP contribution in [0.5, 0.6) is 5.75 Å². The van der Waals surface area contributed by atoms with Crippen LogP contribution in [0, 0.1) is 0 Å². The van der Waals surface area contributed by atoms with Crippen LogP contribution >= 0.6 is 24.8 Å². The van der Waals surface area contributed by atoms with E-state index in [0.717, 1.165) is 50.0 Å². The van der Waals surface area contributed by atoms with Crippen LogP contribution in [0.25, 0.3) is 0 Å². The molecule has 8 heteroatoms. The molecule has 1 aliphatic rings. The third-order valence-corrected chi connectivity index (χ3v) is 4.45. The zero-order valence-electron chi connectivity index (χ0n) is 16.0. The average Bonchev–Trinajstić information content (AvgIpc) is 2.69. The number of rotatable bonds is 7. The van der Waals surface area contributed by atoms with E-state index in [0.29, 0.717) is 13.0 Å². The van der Waals surface area contributed by atoms with Crippen LogP contribution in [-0.4, -0.2) is 55.1 Å². The molecule has 1 fully saturated rings. The summed E-state index contributed by atoms with van der Waals surface area (Å²) in [6.07, 6.45) is 2.32. The molecule has 0 spiro atoms. The number of carbonyl (C=O) groups is 1. The highest BCUT2D eigenvalue weighted by molar-refractivity contribution is 5.90. The Morgan fingerprint density at radius 1 is 1.07 bits per heavy atom. The molecule has 0 bridgehead atoms. The number of nitrogens with zero attached hydrogens (tertiary/aromatic N) is 3. The van der Waals surface area contributed by atoms with Crippen molar-refractivity contribution in [2.24, 2.45) is 0 Å². The molecular weight excluding hydrogens is 399 g/mol. The van der Waals surface area contributed by atoms with E-state index in [1.165, 1.54) is 0 Å². The quantitative estimate of drug-likeness (QED) is 0.734. The maximum atomic E-state index is 12.2. The van der Waals surface area contributed by atoms with E-state index in [9.17, 15) is 4.79 Å². The van der Waals surface area contributed by atoms with Crippen molar-refractivity contribution in [2.45, 2.75) is 13.3 Å². The van der Waals surface area contributed by atoms with Gasteiger partial charge in [0.25, 0.3) is 0 Å². The molecule has 28 heavy (non-hydrogen) atoms. The van der Waals surface area contributed by atoms with Gasteiger partial charge in [-0.05, 0) is 43.3 Å². The Morgan fingerprint density at radius 3 is 2.39 bits per heavy atom. The van der Waals surface area contributed by atoms with E-state index in [-0.39, 0.29) is 30.7 Å². The standard InChI is InChI=1S/C20H26N4O2.2ClH/c1-2-26-18-8-6-17(7-9-18)22-20(25)10-12-23-13-15-24(16-14-23)19-5-3-4-11-21-19;;/h3-9,11H,2,10,12-16H2,1H3,(H,22,25);2*1H. The fourth-order valence-corrected chi connectivity index (χ4v) is 3.03. The molecule has 6 nitrogen and oxygen atoms in total. The van der Waals surface area contributed by atoms with E-state index in [4.69, 9.17) is 4.74 Å². The Balaban J connectivity index is 0.00000196. The van der Waals surface area contributed by atoms with Crippen molar-refractivity contribution in [3.63, 3.8) is 0 Å². The smallest absolute Gasteiger partial charge is 0.225 e. The first-order valence-corrected chi connectivity index (χ1v) is 9.15. The normalized spacial score (nSPS) is 13.8. The Hall–Kier alpha value is -2.02. The molecule has 0 radical (unpaired) electrons. The minimum absolute atomic E-state index is 0. The van der Waals surface area contributed by atoms with Gasteiger partial charge in [0, 0.05) is 51.0 Å². The van der Waals surface area contributed by atoms with Gasteiger partial charge in [-0.1, -0.05) is 6.07 Å². The van der Waals surface area contributed by atoms with Gasteiger partial charge in [-0.15, -0.1) is 24.8 Å². The van der Waals surface area contributed by atoms with E-state index < -0.39 is 0 Å². The van der Waals surface area contributed by atoms with Gasteiger partial charge in [-0.3, -0.25) is 9.69 Å². The maximum absolute atomic E-state index is 12.2. The molecule has 1 N–H and O–H groups in total. The largest absolute Gasteiger partial charge is 0.494 e. The number of carbonyl (C=O) groups excluding carboxylic acids is 1. The van der Waals surface area contributed by atoms with Gasteiger partial charge in [0.1, 0.15) is 11.6 Å². The van der Waals surface area contributed by atoms with Crippen LogP contribution in [0.3, 0.4) is 0 Å². The highest BCUT2D eigenvalue weighted by atomic mass is 35.5. The van der Waals surface area contributed by atoms with Crippen molar-refractivity contribution in [3.05, 3.63) is 48.7 Å². The van der Waals surface area contributed by atoms with Crippen molar-refractivity contribution < 1.29 is 9.53 Å². The third kappa shape index (κ3) is 7.19. The number of benzene rings is 1. The van der Waals surface area contributed by atoms with Gasteiger partial charge < -0.3 is 15.0 Å². The number of anilines is 2. The van der Waals surface area contributed by atoms with Crippen LogP contribution in [0.1, 0.15) is 13.3 Å². The van der Waals surface area contributed by atoms with Crippen LogP contribution in [0.4, 0.5) is 11.5 Å². The molecule has 1 amide bonds. The fourth-order valence-electron chi connectivity index (χ4n) is 3.03. The van der Waals surface area contributed by atoms with Crippen LogP contribution in [-0.2, 0) is 4.79 Å². The molecular formula is C20H28Cl2N4O2. The topological polar surface area (TPSA) is 57.7 Å². The van der Waals surface area contributed by atoms with Gasteiger partial charge in [-0.2, -0.15) is 0 Å². The van der Waals surface area contributed by atoms with Crippen LogP contribution < -0.4 is 15.0 Å². The Bertz CT molecular complexity index is 693. The highest BCUT2D eigenvalue weighted by Crippen LogP contribution is 2.16. The van der Waals surface area contributed by atoms with E-state index in [2.05, 4.69) is 20.1 Å². The molecule has 2 heterocycles. The lowest BCUT2D eigenvalue weighted by Crippen LogP contribution is -2.47. The Morgan fingerprint density at radius 2 is 1.79 bits per heavy atom. The summed E-state index contributed by atoms with van der Waals surface area (Å²) in [5.74, 6) is 1.89. The summed E-state index contributed by atoms with van der Waals surface area (Å²) in [5.41, 5.74) is 0.804. The summed E-state index contributed by atoms with van der Waals surface area (Å²) >= 11 is 0. The van der Waals surface area contributed by atoms with Gasteiger partial charge in [0.2, 0.25) is 5.91 Å². The number of aromatic nitrogens is 1. The Labute approximate surface area is 179 Å². The molecule has 0 aliphatic carbocycles. The van der Waals surface area contributed by atoms with Crippen molar-refractivity contribution in [3.8, 4) is 5.75 Å². The van der Waals surface area contributed by atoms with Crippen molar-refractivity contribution in [1.29, 1.82) is 0 Å². The minimum atomic E-state index is 0. The summed E-state index contributed by atoms with van der Waals surface area (Å²) < 4.78 is 5.41. The second kappa shape index (κ2) is 12.4. The molecule has 2 aromatic rings. The SMILES string of the molecule is CCOc1ccc(NC(=O)CCN2CCN(c3ccccn3)CC2)cc1.Cl.Cl. The minimum Gasteiger partial charge on any atom is -0.494 e. The summed E-state index contributed by atoms with van der Waals surface area (Å²) in [5, 5.41) is 2.94. The molecule has 1 aromatic carbocycles. The summed E-state index contributed by atoms with van der Waals surface area (Å²) in [6, 6.07) is 13.5. The van der Waals surface area contributed by atoms with Gasteiger partial charge in [0.15, 0.2) is 0 Å². The van der Waals surface area contributed by atoms with Crippen molar-refractivity contribution in [1.82, 2.24) is 9.88 Å². The lowest BCUT2D eigenvalue weighted by molar-refractivity contribution is -0.116. The highest BCUT2D eigenvalue weighted by Gasteiger charge is 2.18. The number of pyridine rings is 1. The van der Waals surface area contributed by atoms with E-state index in [1.807, 2.05) is 55.6 Å². The number of nitrogens with one attached hydrogen (secondary N) is 1. The number of piperazine rings is 1. The van der Waals surface area contributed by atoms with Gasteiger partial charge in [0.05, 0.1) is 6.61 Å². The number of ether oxygens (including phenoxy) is 1. The monoisotopic (exact) mass is 426 g/mol. The zero-order chi connectivity index (χ0) is 18.2. The van der Waals surface area contributed by atoms with Crippen molar-refractivity contribution >= 4 is 42.2 Å². The maximum Gasteiger partial charge on any atom is 0.225 e. The summed E-state index contributed by atoms with van der Waals surface area (Å²) in [7, 11) is 0. The second-order valence-electron chi connectivity index (χ2n) is 6.27. The molecule has 0 saturated carbocycles. The molecule has 0 unspecified atom stereocenters. The molecule has 0 atom stereocenters. The number of amides is 1. The molecule has 1 aromatic heterocycles. The predicted molar refractivity (Wildman–Crippen MR) is 118 cm³/mol. The van der Waals surface area contributed by atoms with Gasteiger partial charge in [-0.25, -0.2) is 4.98 Å². The van der Waals surface area contributed by atoms with Crippen LogP contribution in [0.15, 0.2) is 48.7 Å². The summed E-state index contributed by atoms with van der Waals surface area (Å²) in [4.78, 5) is 21.2. The first kappa shape index (κ1) is 24.0. The summed E-state index contributed by atoms with van der Waals surface area (Å²) in [6.45, 7) is 7.15. The average molecular weight is 427 g/mol. The lowest BCUT2D eigenvalue weighted by atomic mass is 10.2. The number of halogens is 2. The predicted octanol–water partition coefficient (Wildman–Crippen LogP) is 3.47. The van der Waals surface area contributed by atoms with Crippen molar-refractivity contribution in [2.75, 3.05) is 49.5 Å². The van der Waals surface area contributed by atoms with E-state index >= 15 is 0 Å². The van der Waals surface area contributed by atoms with Gasteiger partial charge >= 0.3 is 0 Å².